The van der Waals surface area contributed by atoms with Gasteiger partial charge in [0, 0.05) is 0 Å². The summed E-state index contributed by atoms with van der Waals surface area (Å²) in [5.41, 5.74) is -0.434. The van der Waals surface area contributed by atoms with Crippen LogP contribution < -0.4 is 5.32 Å². The lowest BCUT2D eigenvalue weighted by molar-refractivity contribution is -0.146. The second-order valence-corrected chi connectivity index (χ2v) is 3.71. The average molecular weight is 187 g/mol. The molecule has 0 aromatic rings. The van der Waals surface area contributed by atoms with E-state index in [0.717, 1.165) is 0 Å². The zero-order valence-corrected chi connectivity index (χ0v) is 8.59. The summed E-state index contributed by atoms with van der Waals surface area (Å²) in [7, 11) is 0. The van der Waals surface area contributed by atoms with Crippen LogP contribution in [0.25, 0.3) is 0 Å². The Morgan fingerprint density at radius 1 is 1.62 bits per heavy atom. The Labute approximate surface area is 78.6 Å². The van der Waals surface area contributed by atoms with Crippen molar-refractivity contribution in [3.63, 3.8) is 0 Å². The highest BCUT2D eigenvalue weighted by molar-refractivity contribution is 5.77. The molecule has 0 aliphatic carbocycles. The molecule has 0 aromatic carbocycles. The molecule has 76 valence electrons. The van der Waals surface area contributed by atoms with Gasteiger partial charge in [0.2, 0.25) is 0 Å². The molecule has 13 heavy (non-hydrogen) atoms. The molecule has 1 N–H and O–H groups in total. The van der Waals surface area contributed by atoms with Crippen LogP contribution in [0.5, 0.6) is 0 Å². The van der Waals surface area contributed by atoms with Gasteiger partial charge in [-0.1, -0.05) is 0 Å². The van der Waals surface area contributed by atoms with Gasteiger partial charge in [0.1, 0.15) is 11.8 Å². The minimum atomic E-state index is -0.434. The lowest BCUT2D eigenvalue weighted by Crippen LogP contribution is -2.44. The molecule has 4 nitrogen and oxygen atoms in total. The summed E-state index contributed by atoms with van der Waals surface area (Å²) in [6.07, 6.45) is -0.131. The Bertz CT molecular complexity index is 203. The number of ether oxygens (including phenoxy) is 2. The lowest BCUT2D eigenvalue weighted by Gasteiger charge is -2.17. The van der Waals surface area contributed by atoms with Gasteiger partial charge in [-0.2, -0.15) is 0 Å². The van der Waals surface area contributed by atoms with Crippen molar-refractivity contribution in [2.45, 2.75) is 45.6 Å². The van der Waals surface area contributed by atoms with Crippen LogP contribution in [0, 0.1) is 0 Å². The van der Waals surface area contributed by atoms with Crippen LogP contribution in [0.3, 0.4) is 0 Å². The van der Waals surface area contributed by atoms with Crippen LogP contribution in [0.1, 0.15) is 27.7 Å². The van der Waals surface area contributed by atoms with Crippen LogP contribution in [0.15, 0.2) is 0 Å². The van der Waals surface area contributed by atoms with Gasteiger partial charge < -0.3 is 9.47 Å². The van der Waals surface area contributed by atoms with E-state index in [0.29, 0.717) is 6.61 Å². The van der Waals surface area contributed by atoms with E-state index in [2.05, 4.69) is 5.32 Å². The summed E-state index contributed by atoms with van der Waals surface area (Å²) in [4.78, 5) is 11.4. The Morgan fingerprint density at radius 3 is 2.62 bits per heavy atom. The fourth-order valence-corrected chi connectivity index (χ4v) is 1.54. The van der Waals surface area contributed by atoms with E-state index in [-0.39, 0.29) is 18.1 Å². The van der Waals surface area contributed by atoms with Crippen molar-refractivity contribution < 1.29 is 14.3 Å². The molecule has 1 rings (SSSR count). The highest BCUT2D eigenvalue weighted by Crippen LogP contribution is 2.21. The second kappa shape index (κ2) is 3.64. The van der Waals surface area contributed by atoms with Crippen molar-refractivity contribution in [3.05, 3.63) is 0 Å². The predicted octanol–water partition coefficient (Wildman–Crippen LogP) is 0.662. The Balaban J connectivity index is 2.57. The first-order valence-corrected chi connectivity index (χ1v) is 4.58. The minimum absolute atomic E-state index is 0.131. The highest BCUT2D eigenvalue weighted by atomic mass is 16.6. The minimum Gasteiger partial charge on any atom is -0.465 e. The second-order valence-electron chi connectivity index (χ2n) is 3.71. The lowest BCUT2D eigenvalue weighted by atomic mass is 10.2. The zero-order valence-electron chi connectivity index (χ0n) is 8.59. The molecule has 1 saturated heterocycles. The van der Waals surface area contributed by atoms with E-state index in [1.807, 2.05) is 20.8 Å². The van der Waals surface area contributed by atoms with Crippen molar-refractivity contribution in [1.82, 2.24) is 5.32 Å². The predicted molar refractivity (Wildman–Crippen MR) is 48.2 cm³/mol. The summed E-state index contributed by atoms with van der Waals surface area (Å²) in [5, 5.41) is 3.07. The van der Waals surface area contributed by atoms with Crippen molar-refractivity contribution >= 4 is 5.97 Å². The van der Waals surface area contributed by atoms with E-state index >= 15 is 0 Å². The number of esters is 1. The number of nitrogens with one attached hydrogen (secondary N) is 1. The molecule has 4 heteroatoms. The topological polar surface area (TPSA) is 47.6 Å². The van der Waals surface area contributed by atoms with Gasteiger partial charge in [-0.25, -0.2) is 0 Å². The van der Waals surface area contributed by atoms with E-state index < -0.39 is 5.72 Å². The zero-order chi connectivity index (χ0) is 10.1. The van der Waals surface area contributed by atoms with Gasteiger partial charge >= 0.3 is 5.97 Å². The maximum Gasteiger partial charge on any atom is 0.325 e. The van der Waals surface area contributed by atoms with Crippen LogP contribution in [-0.4, -0.2) is 30.4 Å². The maximum absolute atomic E-state index is 11.4. The van der Waals surface area contributed by atoms with Gasteiger partial charge in [0.15, 0.2) is 0 Å². The van der Waals surface area contributed by atoms with Crippen LogP contribution in [0.2, 0.25) is 0 Å². The third-order valence-electron chi connectivity index (χ3n) is 1.99. The molecular weight excluding hydrogens is 170 g/mol. The van der Waals surface area contributed by atoms with Gasteiger partial charge in [0.05, 0.1) is 12.7 Å². The molecule has 1 fully saturated rings. The SMILES string of the molecule is CCOC(=O)C1NC(C)(C)OC1C. The summed E-state index contributed by atoms with van der Waals surface area (Å²) in [6.45, 7) is 7.85. The normalized spacial score (nSPS) is 31.7. The summed E-state index contributed by atoms with van der Waals surface area (Å²) in [6, 6.07) is -0.338. The third kappa shape index (κ3) is 2.42. The van der Waals surface area contributed by atoms with E-state index in [4.69, 9.17) is 9.47 Å². The third-order valence-corrected chi connectivity index (χ3v) is 1.99. The van der Waals surface area contributed by atoms with Gasteiger partial charge in [0.25, 0.3) is 0 Å². The van der Waals surface area contributed by atoms with Crippen LogP contribution >= 0.6 is 0 Å². The van der Waals surface area contributed by atoms with Crippen LogP contribution in [0.4, 0.5) is 0 Å². The van der Waals surface area contributed by atoms with Crippen LogP contribution in [-0.2, 0) is 14.3 Å². The molecule has 0 spiro atoms. The first kappa shape index (κ1) is 10.5. The summed E-state index contributed by atoms with van der Waals surface area (Å²) in [5.74, 6) is -0.236. The average Bonchev–Trinajstić information content (AvgIpc) is 2.25. The molecular formula is C9H17NO3. The molecule has 1 aliphatic heterocycles. The van der Waals surface area contributed by atoms with Crippen molar-refractivity contribution in [2.24, 2.45) is 0 Å². The molecule has 1 heterocycles. The number of rotatable bonds is 2. The van der Waals surface area contributed by atoms with Crippen molar-refractivity contribution in [2.75, 3.05) is 6.61 Å². The fourth-order valence-electron chi connectivity index (χ4n) is 1.54. The standard InChI is InChI=1S/C9H17NO3/c1-5-12-8(11)7-6(2)13-9(3,4)10-7/h6-7,10H,5H2,1-4H3. The number of hydrogen-bond donors (Lipinski definition) is 1. The molecule has 0 aromatic heterocycles. The first-order chi connectivity index (χ1) is 5.96. The molecule has 0 saturated carbocycles. The molecule has 0 radical (unpaired) electrons. The van der Waals surface area contributed by atoms with Gasteiger partial charge in [-0.3, -0.25) is 10.1 Å². The quantitative estimate of drug-likeness (QED) is 0.645. The number of hydrogen-bond acceptors (Lipinski definition) is 4. The molecule has 0 amide bonds. The van der Waals surface area contributed by atoms with E-state index in [1.54, 1.807) is 6.92 Å². The van der Waals surface area contributed by atoms with E-state index in [9.17, 15) is 4.79 Å². The smallest absolute Gasteiger partial charge is 0.325 e. The van der Waals surface area contributed by atoms with E-state index in [1.165, 1.54) is 0 Å². The Morgan fingerprint density at radius 2 is 2.23 bits per heavy atom. The molecule has 2 unspecified atom stereocenters. The van der Waals surface area contributed by atoms with Crippen molar-refractivity contribution in [3.8, 4) is 0 Å². The molecule has 1 aliphatic rings. The monoisotopic (exact) mass is 187 g/mol. The van der Waals surface area contributed by atoms with Crippen molar-refractivity contribution in [1.29, 1.82) is 0 Å². The summed E-state index contributed by atoms with van der Waals surface area (Å²) < 4.78 is 10.4. The number of carbonyl (C=O) groups is 1. The largest absolute Gasteiger partial charge is 0.465 e. The van der Waals surface area contributed by atoms with Gasteiger partial charge in [-0.15, -0.1) is 0 Å². The fraction of sp³-hybridized carbons (Fsp3) is 0.889. The first-order valence-electron chi connectivity index (χ1n) is 4.58. The highest BCUT2D eigenvalue weighted by Gasteiger charge is 2.41. The number of carbonyl (C=O) groups excluding carboxylic acids is 1. The maximum atomic E-state index is 11.4. The Hall–Kier alpha value is -0.610. The van der Waals surface area contributed by atoms with Gasteiger partial charge in [-0.05, 0) is 27.7 Å². The Kier molecular flexibility index (Phi) is 2.93. The molecule has 0 bridgehead atoms. The summed E-state index contributed by atoms with van der Waals surface area (Å²) >= 11 is 0. The molecule has 2 atom stereocenters.